The second kappa shape index (κ2) is 4.26. The number of likely N-dealkylation sites (N-methyl/N-ethyl adjacent to an activating group) is 1. The van der Waals surface area contributed by atoms with E-state index in [9.17, 15) is 4.39 Å². The first-order chi connectivity index (χ1) is 7.69. The Kier molecular flexibility index (Phi) is 2.97. The van der Waals surface area contributed by atoms with Crippen LogP contribution in [0.3, 0.4) is 0 Å². The van der Waals surface area contributed by atoms with Crippen molar-refractivity contribution in [3.63, 3.8) is 0 Å². The van der Waals surface area contributed by atoms with Crippen molar-refractivity contribution in [2.75, 3.05) is 13.6 Å². The normalized spacial score (nSPS) is 15.2. The topological polar surface area (TPSA) is 25.2 Å². The number of furan rings is 1. The SMILES string of the molecule is CCC(F)(CNC)c1ccc2occc2c1. The molecule has 1 unspecified atom stereocenters. The lowest BCUT2D eigenvalue weighted by Gasteiger charge is -2.24. The fourth-order valence-corrected chi connectivity index (χ4v) is 1.96. The van der Waals surface area contributed by atoms with E-state index in [1.165, 1.54) is 0 Å². The van der Waals surface area contributed by atoms with E-state index in [-0.39, 0.29) is 0 Å². The molecule has 1 heterocycles. The van der Waals surface area contributed by atoms with E-state index in [1.807, 2.05) is 25.1 Å². The predicted octanol–water partition coefficient (Wildman–Crippen LogP) is 3.23. The molecule has 1 atom stereocenters. The summed E-state index contributed by atoms with van der Waals surface area (Å²) in [5.74, 6) is 0. The summed E-state index contributed by atoms with van der Waals surface area (Å²) < 4.78 is 19.8. The first kappa shape index (κ1) is 11.1. The van der Waals surface area contributed by atoms with Gasteiger partial charge in [0.25, 0.3) is 0 Å². The smallest absolute Gasteiger partial charge is 0.148 e. The number of rotatable bonds is 4. The van der Waals surface area contributed by atoms with Gasteiger partial charge in [-0.25, -0.2) is 4.39 Å². The van der Waals surface area contributed by atoms with Crippen LogP contribution >= 0.6 is 0 Å². The van der Waals surface area contributed by atoms with Crippen LogP contribution in [-0.4, -0.2) is 13.6 Å². The maximum Gasteiger partial charge on any atom is 0.148 e. The highest BCUT2D eigenvalue weighted by molar-refractivity contribution is 5.78. The van der Waals surface area contributed by atoms with Gasteiger partial charge in [-0.1, -0.05) is 13.0 Å². The van der Waals surface area contributed by atoms with Crippen LogP contribution in [0.5, 0.6) is 0 Å². The van der Waals surface area contributed by atoms with Crippen molar-refractivity contribution >= 4 is 11.0 Å². The lowest BCUT2D eigenvalue weighted by molar-refractivity contribution is 0.157. The number of nitrogens with one attached hydrogen (secondary N) is 1. The summed E-state index contributed by atoms with van der Waals surface area (Å²) in [4.78, 5) is 0. The number of hydrogen-bond donors (Lipinski definition) is 1. The summed E-state index contributed by atoms with van der Waals surface area (Å²) in [5, 5.41) is 3.85. The Morgan fingerprint density at radius 3 is 2.88 bits per heavy atom. The average molecular weight is 221 g/mol. The Hall–Kier alpha value is -1.35. The molecular weight excluding hydrogens is 205 g/mol. The van der Waals surface area contributed by atoms with Gasteiger partial charge in [0.2, 0.25) is 0 Å². The largest absolute Gasteiger partial charge is 0.464 e. The van der Waals surface area contributed by atoms with Crippen molar-refractivity contribution in [1.82, 2.24) is 5.32 Å². The zero-order valence-electron chi connectivity index (χ0n) is 9.59. The van der Waals surface area contributed by atoms with Gasteiger partial charge in [0.15, 0.2) is 0 Å². The Balaban J connectivity index is 2.44. The summed E-state index contributed by atoms with van der Waals surface area (Å²) in [6.07, 6.45) is 2.08. The molecule has 0 radical (unpaired) electrons. The number of benzene rings is 1. The van der Waals surface area contributed by atoms with Crippen molar-refractivity contribution in [2.45, 2.75) is 19.0 Å². The van der Waals surface area contributed by atoms with Crippen molar-refractivity contribution in [3.05, 3.63) is 36.1 Å². The molecule has 3 heteroatoms. The van der Waals surface area contributed by atoms with E-state index >= 15 is 0 Å². The molecule has 16 heavy (non-hydrogen) atoms. The molecule has 0 saturated carbocycles. The Morgan fingerprint density at radius 2 is 2.19 bits per heavy atom. The highest BCUT2D eigenvalue weighted by Crippen LogP contribution is 2.31. The first-order valence-electron chi connectivity index (χ1n) is 5.51. The lowest BCUT2D eigenvalue weighted by atomic mass is 9.92. The van der Waals surface area contributed by atoms with Gasteiger partial charge in [-0.15, -0.1) is 0 Å². The van der Waals surface area contributed by atoms with E-state index in [2.05, 4.69) is 5.32 Å². The van der Waals surface area contributed by atoms with Gasteiger partial charge in [0.1, 0.15) is 11.3 Å². The van der Waals surface area contributed by atoms with Crippen molar-refractivity contribution in [2.24, 2.45) is 0 Å². The molecule has 0 spiro atoms. The van der Waals surface area contributed by atoms with E-state index in [4.69, 9.17) is 4.42 Å². The number of halogens is 1. The van der Waals surface area contributed by atoms with Crippen LogP contribution < -0.4 is 5.32 Å². The minimum atomic E-state index is -1.31. The molecule has 0 aliphatic rings. The standard InChI is InChI=1S/C13H16FNO/c1-3-13(14,9-15-2)11-4-5-12-10(8-11)6-7-16-12/h4-8,15H,3,9H2,1-2H3. The second-order valence-electron chi connectivity index (χ2n) is 4.02. The van der Waals surface area contributed by atoms with Crippen LogP contribution in [0.1, 0.15) is 18.9 Å². The average Bonchev–Trinajstić information content (AvgIpc) is 2.76. The Labute approximate surface area is 94.4 Å². The maximum absolute atomic E-state index is 14.6. The molecular formula is C13H16FNO. The highest BCUT2D eigenvalue weighted by atomic mass is 19.1. The summed E-state index contributed by atoms with van der Waals surface area (Å²) in [5.41, 5.74) is 0.199. The minimum Gasteiger partial charge on any atom is -0.464 e. The van der Waals surface area contributed by atoms with Crippen LogP contribution in [0, 0.1) is 0 Å². The quantitative estimate of drug-likeness (QED) is 0.857. The summed E-state index contributed by atoms with van der Waals surface area (Å²) >= 11 is 0. The van der Waals surface area contributed by atoms with Crippen molar-refractivity contribution in [3.8, 4) is 0 Å². The Morgan fingerprint density at radius 1 is 1.38 bits per heavy atom. The molecule has 86 valence electrons. The number of hydrogen-bond acceptors (Lipinski definition) is 2. The summed E-state index contributed by atoms with van der Waals surface area (Å²) in [6.45, 7) is 2.18. The highest BCUT2D eigenvalue weighted by Gasteiger charge is 2.29. The fraction of sp³-hybridized carbons (Fsp3) is 0.385. The molecule has 0 amide bonds. The maximum atomic E-state index is 14.6. The number of fused-ring (bicyclic) bond motifs is 1. The zero-order chi connectivity index (χ0) is 11.6. The van der Waals surface area contributed by atoms with Crippen LogP contribution in [0.4, 0.5) is 4.39 Å². The van der Waals surface area contributed by atoms with Crippen LogP contribution in [0.25, 0.3) is 11.0 Å². The second-order valence-corrected chi connectivity index (χ2v) is 4.02. The molecule has 1 aromatic carbocycles. The molecule has 0 aliphatic heterocycles. The van der Waals surface area contributed by atoms with Gasteiger partial charge in [-0.2, -0.15) is 0 Å². The lowest BCUT2D eigenvalue weighted by Crippen LogP contribution is -2.31. The Bertz CT molecular complexity index is 479. The van der Waals surface area contributed by atoms with Gasteiger partial charge in [0, 0.05) is 11.9 Å². The van der Waals surface area contributed by atoms with Gasteiger partial charge < -0.3 is 9.73 Å². The van der Waals surface area contributed by atoms with Gasteiger partial charge in [-0.3, -0.25) is 0 Å². The molecule has 2 aromatic rings. The minimum absolute atomic E-state index is 0.326. The van der Waals surface area contributed by atoms with Crippen LogP contribution in [0.2, 0.25) is 0 Å². The third-order valence-electron chi connectivity index (χ3n) is 2.99. The summed E-state index contributed by atoms with van der Waals surface area (Å²) in [7, 11) is 1.76. The molecule has 2 nitrogen and oxygen atoms in total. The molecule has 0 fully saturated rings. The van der Waals surface area contributed by atoms with Crippen molar-refractivity contribution < 1.29 is 8.81 Å². The molecule has 0 aliphatic carbocycles. The van der Waals surface area contributed by atoms with E-state index in [0.29, 0.717) is 18.5 Å². The third-order valence-corrected chi connectivity index (χ3v) is 2.99. The summed E-state index contributed by atoms with van der Waals surface area (Å²) in [6, 6.07) is 7.34. The van der Waals surface area contributed by atoms with Crippen LogP contribution in [0.15, 0.2) is 34.9 Å². The van der Waals surface area contributed by atoms with Gasteiger partial charge in [0.05, 0.1) is 6.26 Å². The first-order valence-corrected chi connectivity index (χ1v) is 5.51. The number of alkyl halides is 1. The third kappa shape index (κ3) is 1.83. The fourth-order valence-electron chi connectivity index (χ4n) is 1.96. The zero-order valence-corrected chi connectivity index (χ0v) is 9.59. The molecule has 0 saturated heterocycles. The monoisotopic (exact) mass is 221 g/mol. The molecule has 2 rings (SSSR count). The van der Waals surface area contributed by atoms with E-state index in [0.717, 1.165) is 11.0 Å². The van der Waals surface area contributed by atoms with E-state index < -0.39 is 5.67 Å². The molecule has 1 N–H and O–H groups in total. The van der Waals surface area contributed by atoms with Gasteiger partial charge in [-0.05, 0) is 37.2 Å². The predicted molar refractivity (Wildman–Crippen MR) is 63.2 cm³/mol. The van der Waals surface area contributed by atoms with Crippen LogP contribution in [-0.2, 0) is 5.67 Å². The molecule has 0 bridgehead atoms. The van der Waals surface area contributed by atoms with Crippen molar-refractivity contribution in [1.29, 1.82) is 0 Å². The van der Waals surface area contributed by atoms with E-state index in [1.54, 1.807) is 19.4 Å². The van der Waals surface area contributed by atoms with Gasteiger partial charge >= 0.3 is 0 Å². The molecule has 1 aromatic heterocycles.